The molecule has 30 atom stereocenters. The largest absolute Gasteiger partial charge is 0.432 e. The van der Waals surface area contributed by atoms with E-state index in [0.29, 0.717) is 56.9 Å². The first-order chi connectivity index (χ1) is 36.5. The predicted molar refractivity (Wildman–Crippen MR) is 250 cm³/mol. The van der Waals surface area contributed by atoms with Crippen molar-refractivity contribution in [2.24, 2.45) is 34.0 Å². The lowest BCUT2D eigenvalue weighted by atomic mass is 9.41. The molecule has 442 valence electrons. The number of aliphatic hydroxyl groups excluding tert-OH is 16. The van der Waals surface area contributed by atoms with Crippen LogP contribution in [0.4, 0.5) is 0 Å². The number of carbonyl (C=O) groups is 1. The summed E-state index contributed by atoms with van der Waals surface area (Å²) in [6.45, 7) is 4.16. The monoisotopic (exact) mass is 1110 g/mol. The molecule has 0 aromatic rings. The minimum absolute atomic E-state index is 0.0433. The summed E-state index contributed by atoms with van der Waals surface area (Å²) in [5, 5.41) is 170. The van der Waals surface area contributed by atoms with Crippen molar-refractivity contribution in [1.29, 1.82) is 0 Å². The maximum atomic E-state index is 14.9. The zero-order chi connectivity index (χ0) is 55.8. The Kier molecular flexibility index (Phi) is 17.9. The van der Waals surface area contributed by atoms with Crippen LogP contribution in [0.2, 0.25) is 0 Å². The molecule has 27 heteroatoms. The van der Waals surface area contributed by atoms with Crippen LogP contribution in [0, 0.1) is 34.0 Å². The van der Waals surface area contributed by atoms with E-state index < -0.39 is 215 Å². The van der Waals surface area contributed by atoms with E-state index >= 15 is 0 Å². The molecular weight excluding hydrogens is 1030 g/mol. The van der Waals surface area contributed by atoms with Gasteiger partial charge in [0.2, 0.25) is 6.29 Å². The molecule has 0 amide bonds. The summed E-state index contributed by atoms with van der Waals surface area (Å²) in [7, 11) is 0. The Morgan fingerprint density at radius 3 is 1.65 bits per heavy atom. The molecule has 16 N–H and O–H groups in total. The van der Waals surface area contributed by atoms with Crippen molar-refractivity contribution in [3.05, 3.63) is 12.2 Å². The van der Waals surface area contributed by atoms with Crippen molar-refractivity contribution < 1.29 is 134 Å². The molecule has 4 aliphatic carbocycles. The Balaban J connectivity index is 0.969. The van der Waals surface area contributed by atoms with Crippen LogP contribution in [0.5, 0.6) is 0 Å². The van der Waals surface area contributed by atoms with Crippen molar-refractivity contribution in [2.75, 3.05) is 39.6 Å². The van der Waals surface area contributed by atoms with Crippen molar-refractivity contribution in [2.45, 2.75) is 219 Å². The van der Waals surface area contributed by atoms with Gasteiger partial charge in [-0.15, -0.1) is 0 Å². The van der Waals surface area contributed by atoms with Crippen molar-refractivity contribution in [3.63, 3.8) is 0 Å². The quantitative estimate of drug-likeness (QED) is 0.0412. The van der Waals surface area contributed by atoms with E-state index in [9.17, 15) is 86.5 Å². The second-order valence-electron chi connectivity index (χ2n) is 23.5. The molecule has 9 rings (SSSR count). The molecule has 28 unspecified atom stereocenters. The standard InChI is InChI=1S/C50H80O27/c1-19-11-49-9-5-26-47(2,7-4-8-48(26,3)46(67)76-44-39(35(64)31(60)24(15-54)71-44)74-41-20(12-51)28(57)21(56)17-68-41)27(49)6-10-50(19,18-49)77-45-40(75-43-37(66)34(63)30(59)23(14-53)70-43)38(32(61)25(16-55)72-45)73-42-36(65)33(62)29(58)22(13-52)69-42/h20-45,51-66H,1,4-18H2,2-3H3/t20?,21?,22?,23?,24?,25?,26?,27?,28?,29?,30?,31-,32?,33?,34?,35?,36?,37?,38?,39?,40?,41?,42-,43?,44?,45?,47?,48?,49?,50?/m0/s1. The topological polar surface area (TPSA) is 433 Å². The first-order valence-corrected chi connectivity index (χ1v) is 26.8. The van der Waals surface area contributed by atoms with Gasteiger partial charge in [-0.1, -0.05) is 19.9 Å². The number of hydrogen-bond acceptors (Lipinski definition) is 27. The molecule has 2 bridgehead atoms. The minimum atomic E-state index is -1.98. The molecule has 5 saturated heterocycles. The fourth-order valence-electron chi connectivity index (χ4n) is 15.0. The van der Waals surface area contributed by atoms with E-state index in [-0.39, 0.29) is 11.8 Å². The van der Waals surface area contributed by atoms with Gasteiger partial charge in [0.25, 0.3) is 0 Å². The van der Waals surface area contributed by atoms with Gasteiger partial charge in [0.05, 0.1) is 62.7 Å². The van der Waals surface area contributed by atoms with Crippen LogP contribution in [-0.2, 0) is 52.2 Å². The average Bonchev–Trinajstić information content (AvgIpc) is 3.91. The van der Waals surface area contributed by atoms with E-state index in [1.807, 2.05) is 6.92 Å². The van der Waals surface area contributed by atoms with E-state index in [2.05, 4.69) is 13.5 Å². The van der Waals surface area contributed by atoms with Crippen LogP contribution in [0.25, 0.3) is 0 Å². The van der Waals surface area contributed by atoms with Crippen LogP contribution in [0.1, 0.15) is 71.6 Å². The number of esters is 1. The smallest absolute Gasteiger partial charge is 0.314 e. The maximum absolute atomic E-state index is 14.9. The summed E-state index contributed by atoms with van der Waals surface area (Å²) in [4.78, 5) is 14.9. The molecule has 1 spiro atoms. The van der Waals surface area contributed by atoms with Gasteiger partial charge in [-0.3, -0.25) is 4.79 Å². The third-order valence-corrected chi connectivity index (χ3v) is 19.2. The fraction of sp³-hybridized carbons (Fsp3) is 0.940. The Labute approximate surface area is 443 Å². The molecule has 0 radical (unpaired) electrons. The molecule has 9 fully saturated rings. The highest BCUT2D eigenvalue weighted by atomic mass is 16.8. The molecule has 5 aliphatic heterocycles. The zero-order valence-electron chi connectivity index (χ0n) is 43.0. The summed E-state index contributed by atoms with van der Waals surface area (Å²) in [5.74, 6) is -2.22. The molecule has 4 saturated carbocycles. The van der Waals surface area contributed by atoms with Crippen LogP contribution in [0.15, 0.2) is 12.2 Å². The summed E-state index contributed by atoms with van der Waals surface area (Å²) < 4.78 is 60.7. The molecule has 9 aliphatic rings. The van der Waals surface area contributed by atoms with E-state index in [1.165, 1.54) is 0 Å². The van der Waals surface area contributed by atoms with Gasteiger partial charge in [0, 0.05) is 0 Å². The highest BCUT2D eigenvalue weighted by Gasteiger charge is 2.70. The number of rotatable bonds is 15. The Bertz CT molecular complexity index is 2040. The zero-order valence-corrected chi connectivity index (χ0v) is 43.0. The van der Waals surface area contributed by atoms with E-state index in [4.69, 9.17) is 47.4 Å². The summed E-state index contributed by atoms with van der Waals surface area (Å²) in [6, 6.07) is 0. The number of carbonyl (C=O) groups excluding carboxylic acids is 1. The second-order valence-corrected chi connectivity index (χ2v) is 23.5. The molecule has 0 aromatic heterocycles. The van der Waals surface area contributed by atoms with Crippen LogP contribution >= 0.6 is 0 Å². The molecular formula is C50H80O27. The normalized spacial score (nSPS) is 54.1. The Morgan fingerprint density at radius 2 is 1.06 bits per heavy atom. The van der Waals surface area contributed by atoms with E-state index in [1.54, 1.807) is 0 Å². The van der Waals surface area contributed by atoms with Crippen molar-refractivity contribution in [3.8, 4) is 0 Å². The predicted octanol–water partition coefficient (Wildman–Crippen LogP) is -6.40. The lowest BCUT2D eigenvalue weighted by Gasteiger charge is -2.64. The molecule has 27 nitrogen and oxygen atoms in total. The highest BCUT2D eigenvalue weighted by Crippen LogP contribution is 2.74. The van der Waals surface area contributed by atoms with Crippen LogP contribution in [0.3, 0.4) is 0 Å². The van der Waals surface area contributed by atoms with Crippen LogP contribution in [-0.4, -0.2) is 274 Å². The van der Waals surface area contributed by atoms with Gasteiger partial charge in [0.1, 0.15) is 97.7 Å². The lowest BCUT2D eigenvalue weighted by molar-refractivity contribution is -0.400. The fourth-order valence-corrected chi connectivity index (χ4v) is 15.0. The van der Waals surface area contributed by atoms with Gasteiger partial charge < -0.3 is 129 Å². The number of hydrogen-bond donors (Lipinski definition) is 16. The second kappa shape index (κ2) is 23.1. The Morgan fingerprint density at radius 1 is 0.545 bits per heavy atom. The third kappa shape index (κ3) is 10.4. The summed E-state index contributed by atoms with van der Waals surface area (Å²) in [6.07, 6.45) is -34.6. The molecule has 5 heterocycles. The minimum Gasteiger partial charge on any atom is -0.432 e. The Hall–Kier alpha value is -1.79. The maximum Gasteiger partial charge on any atom is 0.314 e. The highest BCUT2D eigenvalue weighted by molar-refractivity contribution is 5.77. The SMILES string of the molecule is C=C1CC23CCC4C(C)(C(=O)OC5OC(CO)[C@H](O)C(O)C5OC5OCC(O)C(O)C5CO)CCCC4(C)C2CCC1(OC1OC(CO)C(O)C(O[C@@H]2OC(CO)C(O)C(O)C2O)C1OC1OC(CO)C(O)C(O)C1O)C3. The number of aliphatic hydroxyl groups is 16. The van der Waals surface area contributed by atoms with Gasteiger partial charge in [0.15, 0.2) is 31.3 Å². The van der Waals surface area contributed by atoms with E-state index in [0.717, 1.165) is 6.42 Å². The summed E-state index contributed by atoms with van der Waals surface area (Å²) in [5.41, 5.74) is -2.67. The number of fused-ring (bicyclic) bond motifs is 3. The van der Waals surface area contributed by atoms with Gasteiger partial charge >= 0.3 is 5.97 Å². The first-order valence-electron chi connectivity index (χ1n) is 26.8. The van der Waals surface area contributed by atoms with Crippen molar-refractivity contribution >= 4 is 5.97 Å². The lowest BCUT2D eigenvalue weighted by Crippen LogP contribution is -2.68. The van der Waals surface area contributed by atoms with Crippen LogP contribution < -0.4 is 0 Å². The molecule has 77 heavy (non-hydrogen) atoms. The van der Waals surface area contributed by atoms with Crippen molar-refractivity contribution in [1.82, 2.24) is 0 Å². The van der Waals surface area contributed by atoms with Gasteiger partial charge in [-0.05, 0) is 86.5 Å². The van der Waals surface area contributed by atoms with Gasteiger partial charge in [-0.25, -0.2) is 0 Å². The first kappa shape index (κ1) is 59.8. The third-order valence-electron chi connectivity index (χ3n) is 19.2. The van der Waals surface area contributed by atoms with Gasteiger partial charge in [-0.2, -0.15) is 0 Å². The number of ether oxygens (including phenoxy) is 10. The molecule has 0 aromatic carbocycles. The average molecular weight is 1110 g/mol. The summed E-state index contributed by atoms with van der Waals surface area (Å²) >= 11 is 0.